The molecular weight excluding hydrogens is 450 g/mol. The maximum Gasteiger partial charge on any atom is 0.237 e. The van der Waals surface area contributed by atoms with E-state index in [0.717, 1.165) is 43.7 Å². The van der Waals surface area contributed by atoms with E-state index in [9.17, 15) is 0 Å². The third kappa shape index (κ3) is 5.74. The number of benzene rings is 2. The van der Waals surface area contributed by atoms with Gasteiger partial charge in [0.1, 0.15) is 19.0 Å². The SMILES string of the molecule is CC(C)(C)c1cc2ncnn2nc1OCCN1CCC(OC(c2ccccc2)c2ccccc2)CC1. The van der Waals surface area contributed by atoms with Gasteiger partial charge in [-0.3, -0.25) is 4.90 Å². The molecule has 0 spiro atoms. The van der Waals surface area contributed by atoms with Gasteiger partial charge in [0, 0.05) is 25.2 Å². The number of nitrogens with zero attached hydrogens (tertiary/aromatic N) is 5. The first-order chi connectivity index (χ1) is 17.5. The molecule has 7 nitrogen and oxygen atoms in total. The van der Waals surface area contributed by atoms with Crippen LogP contribution in [0.5, 0.6) is 5.88 Å². The molecule has 0 aliphatic carbocycles. The van der Waals surface area contributed by atoms with Gasteiger partial charge in [-0.2, -0.15) is 0 Å². The average molecular weight is 486 g/mol. The van der Waals surface area contributed by atoms with Crippen LogP contribution in [0.25, 0.3) is 5.65 Å². The van der Waals surface area contributed by atoms with E-state index in [1.807, 2.05) is 6.07 Å². The molecule has 1 saturated heterocycles. The first-order valence-corrected chi connectivity index (χ1v) is 12.8. The van der Waals surface area contributed by atoms with E-state index >= 15 is 0 Å². The van der Waals surface area contributed by atoms with Crippen molar-refractivity contribution in [3.8, 4) is 5.88 Å². The molecule has 188 valence electrons. The molecule has 0 atom stereocenters. The second kappa shape index (κ2) is 10.8. The topological polar surface area (TPSA) is 64.8 Å². The minimum atomic E-state index is -0.0975. The van der Waals surface area contributed by atoms with Crippen LogP contribution in [0.3, 0.4) is 0 Å². The zero-order valence-corrected chi connectivity index (χ0v) is 21.4. The molecule has 0 saturated carbocycles. The molecule has 1 fully saturated rings. The fourth-order valence-corrected chi connectivity index (χ4v) is 4.73. The van der Waals surface area contributed by atoms with Crippen LogP contribution in [0.15, 0.2) is 73.1 Å². The predicted octanol–water partition coefficient (Wildman–Crippen LogP) is 5.07. The smallest absolute Gasteiger partial charge is 0.237 e. The summed E-state index contributed by atoms with van der Waals surface area (Å²) < 4.78 is 14.4. The Morgan fingerprint density at radius 1 is 0.944 bits per heavy atom. The highest BCUT2D eigenvalue weighted by atomic mass is 16.5. The Bertz CT molecular complexity index is 1210. The van der Waals surface area contributed by atoms with Crippen molar-refractivity contribution in [2.75, 3.05) is 26.2 Å². The molecule has 0 bridgehead atoms. The van der Waals surface area contributed by atoms with Crippen molar-refractivity contribution in [2.45, 2.75) is 51.2 Å². The molecule has 3 heterocycles. The molecule has 1 aliphatic rings. The van der Waals surface area contributed by atoms with E-state index in [-0.39, 0.29) is 17.6 Å². The maximum absolute atomic E-state index is 6.69. The highest BCUT2D eigenvalue weighted by Crippen LogP contribution is 2.31. The zero-order chi connectivity index (χ0) is 25.0. The van der Waals surface area contributed by atoms with Gasteiger partial charge in [-0.15, -0.1) is 14.8 Å². The summed E-state index contributed by atoms with van der Waals surface area (Å²) >= 11 is 0. The Kier molecular flexibility index (Phi) is 7.30. The van der Waals surface area contributed by atoms with Crippen molar-refractivity contribution in [3.63, 3.8) is 0 Å². The molecule has 0 unspecified atom stereocenters. The lowest BCUT2D eigenvalue weighted by atomic mass is 9.88. The van der Waals surface area contributed by atoms with Crippen LogP contribution >= 0.6 is 0 Å². The summed E-state index contributed by atoms with van der Waals surface area (Å²) in [5.74, 6) is 0.632. The number of likely N-dealkylation sites (tertiary alicyclic amines) is 1. The number of rotatable bonds is 8. The van der Waals surface area contributed by atoms with Crippen molar-refractivity contribution in [2.24, 2.45) is 0 Å². The number of piperidine rings is 1. The van der Waals surface area contributed by atoms with E-state index in [4.69, 9.17) is 9.47 Å². The molecule has 36 heavy (non-hydrogen) atoms. The van der Waals surface area contributed by atoms with Crippen molar-refractivity contribution < 1.29 is 9.47 Å². The molecule has 7 heteroatoms. The number of aromatic nitrogens is 4. The first-order valence-electron chi connectivity index (χ1n) is 12.8. The maximum atomic E-state index is 6.69. The summed E-state index contributed by atoms with van der Waals surface area (Å²) in [6.45, 7) is 9.90. The van der Waals surface area contributed by atoms with Crippen LogP contribution in [0, 0.1) is 0 Å². The summed E-state index contributed by atoms with van der Waals surface area (Å²) in [6.07, 6.45) is 3.72. The molecule has 1 aliphatic heterocycles. The molecule has 4 aromatic rings. The van der Waals surface area contributed by atoms with Crippen LogP contribution < -0.4 is 4.74 Å². The van der Waals surface area contributed by atoms with E-state index < -0.39 is 0 Å². The van der Waals surface area contributed by atoms with Crippen LogP contribution in [0.2, 0.25) is 0 Å². The van der Waals surface area contributed by atoms with E-state index in [1.165, 1.54) is 22.1 Å². The van der Waals surface area contributed by atoms with Crippen molar-refractivity contribution in [1.29, 1.82) is 0 Å². The van der Waals surface area contributed by atoms with Crippen molar-refractivity contribution in [3.05, 3.63) is 89.7 Å². The molecule has 0 radical (unpaired) electrons. The van der Waals surface area contributed by atoms with Gasteiger partial charge in [-0.25, -0.2) is 4.98 Å². The molecule has 0 amide bonds. The quantitative estimate of drug-likeness (QED) is 0.347. The van der Waals surface area contributed by atoms with Crippen LogP contribution in [-0.4, -0.2) is 57.1 Å². The predicted molar refractivity (Wildman–Crippen MR) is 140 cm³/mol. The number of hydrogen-bond acceptors (Lipinski definition) is 6. The zero-order valence-electron chi connectivity index (χ0n) is 21.4. The van der Waals surface area contributed by atoms with Gasteiger partial charge in [0.05, 0.1) is 6.10 Å². The Hall–Kier alpha value is -3.29. The van der Waals surface area contributed by atoms with Gasteiger partial charge >= 0.3 is 0 Å². The Labute approximate surface area is 213 Å². The lowest BCUT2D eigenvalue weighted by Crippen LogP contribution is -2.39. The van der Waals surface area contributed by atoms with Crippen molar-refractivity contribution in [1.82, 2.24) is 24.7 Å². The van der Waals surface area contributed by atoms with E-state index in [1.54, 1.807) is 0 Å². The van der Waals surface area contributed by atoms with Gasteiger partial charge in [-0.1, -0.05) is 81.4 Å². The lowest BCUT2D eigenvalue weighted by molar-refractivity contribution is -0.0282. The standard InChI is InChI=1S/C29H35N5O2/c1-29(2,3)25-20-26-30-21-31-34(26)32-28(25)35-19-18-33-16-14-24(15-17-33)36-27(22-10-6-4-7-11-22)23-12-8-5-9-13-23/h4-13,20-21,24,27H,14-19H2,1-3H3. The summed E-state index contributed by atoms with van der Waals surface area (Å²) in [5.41, 5.74) is 4.08. The monoisotopic (exact) mass is 485 g/mol. The number of fused-ring (bicyclic) bond motifs is 1. The second-order valence-electron chi connectivity index (χ2n) is 10.4. The van der Waals surface area contributed by atoms with Gasteiger partial charge < -0.3 is 9.47 Å². The number of ether oxygens (including phenoxy) is 2. The Morgan fingerprint density at radius 2 is 1.58 bits per heavy atom. The largest absolute Gasteiger partial charge is 0.475 e. The fourth-order valence-electron chi connectivity index (χ4n) is 4.73. The molecule has 2 aromatic carbocycles. The third-order valence-electron chi connectivity index (χ3n) is 6.77. The summed E-state index contributed by atoms with van der Waals surface area (Å²) in [6, 6.07) is 23.1. The lowest BCUT2D eigenvalue weighted by Gasteiger charge is -2.34. The van der Waals surface area contributed by atoms with Gasteiger partial charge in [0.25, 0.3) is 0 Å². The molecule has 0 N–H and O–H groups in total. The highest BCUT2D eigenvalue weighted by molar-refractivity contribution is 5.45. The van der Waals surface area contributed by atoms with Crippen LogP contribution in [0.4, 0.5) is 0 Å². The molecular formula is C29H35N5O2. The van der Waals surface area contributed by atoms with Crippen LogP contribution in [-0.2, 0) is 10.2 Å². The number of hydrogen-bond donors (Lipinski definition) is 0. The second-order valence-corrected chi connectivity index (χ2v) is 10.4. The van der Waals surface area contributed by atoms with Gasteiger partial charge in [0.15, 0.2) is 5.65 Å². The first kappa shape index (κ1) is 24.4. The summed E-state index contributed by atoms with van der Waals surface area (Å²) in [7, 11) is 0. The summed E-state index contributed by atoms with van der Waals surface area (Å²) in [5, 5.41) is 8.74. The third-order valence-corrected chi connectivity index (χ3v) is 6.77. The average Bonchev–Trinajstić information content (AvgIpc) is 3.36. The summed E-state index contributed by atoms with van der Waals surface area (Å²) in [4.78, 5) is 6.72. The van der Waals surface area contributed by atoms with Gasteiger partial charge in [-0.05, 0) is 35.4 Å². The normalized spacial score (nSPS) is 15.6. The van der Waals surface area contributed by atoms with Gasteiger partial charge in [0.2, 0.25) is 5.88 Å². The molecule has 2 aromatic heterocycles. The minimum Gasteiger partial charge on any atom is -0.475 e. The van der Waals surface area contributed by atoms with E-state index in [0.29, 0.717) is 12.5 Å². The fraction of sp³-hybridized carbons (Fsp3) is 0.414. The minimum absolute atomic E-state index is 0.0409. The Balaban J connectivity index is 1.16. The van der Waals surface area contributed by atoms with E-state index in [2.05, 4.69) is 102 Å². The molecule has 5 rings (SSSR count). The highest BCUT2D eigenvalue weighted by Gasteiger charge is 2.26. The van der Waals surface area contributed by atoms with Crippen molar-refractivity contribution >= 4 is 5.65 Å². The van der Waals surface area contributed by atoms with Crippen LogP contribution in [0.1, 0.15) is 56.4 Å². The Morgan fingerprint density at radius 3 is 2.19 bits per heavy atom.